The number of nitrogens with zero attached hydrogens (tertiary/aromatic N) is 7. The number of carbonyl (C=O) groups excluding carboxylic acids is 1. The molecule has 4 aromatic rings. The summed E-state index contributed by atoms with van der Waals surface area (Å²) in [6.07, 6.45) is 1.50. The van der Waals surface area contributed by atoms with Gasteiger partial charge in [-0.3, -0.25) is 18.8 Å². The second-order valence-corrected chi connectivity index (χ2v) is 10.8. The zero-order chi connectivity index (χ0) is 28.9. The lowest BCUT2D eigenvalue weighted by molar-refractivity contribution is -0.138. The second-order valence-electron chi connectivity index (χ2n) is 10.8. The number of piperidine rings is 1. The topological polar surface area (TPSA) is 131 Å². The molecule has 0 radical (unpaired) electrons. The van der Waals surface area contributed by atoms with Crippen molar-refractivity contribution in [2.75, 3.05) is 13.1 Å². The van der Waals surface area contributed by atoms with Gasteiger partial charge in [-0.25, -0.2) is 18.3 Å². The molecule has 4 heterocycles. The van der Waals surface area contributed by atoms with E-state index in [4.69, 9.17) is 0 Å². The summed E-state index contributed by atoms with van der Waals surface area (Å²) in [6, 6.07) is 5.17. The lowest BCUT2D eigenvalue weighted by atomic mass is 9.91. The first kappa shape index (κ1) is 27.1. The van der Waals surface area contributed by atoms with Gasteiger partial charge in [-0.2, -0.15) is 9.49 Å². The van der Waals surface area contributed by atoms with E-state index in [1.807, 2.05) is 18.2 Å². The number of amides is 1. The number of halogens is 3. The van der Waals surface area contributed by atoms with Crippen molar-refractivity contribution in [1.82, 2.24) is 33.8 Å². The SMILES string of the molecule is O=C(CC(C(F)F)n1ccc(F)n1)N1CCC(O)(Cn2cnn3c(-c4ccc5c(c4)CC(O)C5)cnc3c2=O)CC1. The van der Waals surface area contributed by atoms with Gasteiger partial charge in [-0.1, -0.05) is 12.1 Å². The maximum atomic E-state index is 13.6. The Morgan fingerprint density at radius 2 is 1.90 bits per heavy atom. The molecular formula is C27H28F3N7O4. The molecule has 1 saturated heterocycles. The smallest absolute Gasteiger partial charge is 0.296 e. The molecule has 0 bridgehead atoms. The van der Waals surface area contributed by atoms with Crippen molar-refractivity contribution in [2.45, 2.75) is 62.8 Å². The highest BCUT2D eigenvalue weighted by Crippen LogP contribution is 2.29. The van der Waals surface area contributed by atoms with Crippen molar-refractivity contribution in [3.05, 3.63) is 70.4 Å². The van der Waals surface area contributed by atoms with Crippen LogP contribution in [0.5, 0.6) is 0 Å². The summed E-state index contributed by atoms with van der Waals surface area (Å²) in [5.74, 6) is -1.47. The number of likely N-dealkylation sites (tertiary alicyclic amines) is 1. The van der Waals surface area contributed by atoms with E-state index in [-0.39, 0.29) is 38.1 Å². The van der Waals surface area contributed by atoms with Crippen LogP contribution in [0, 0.1) is 5.95 Å². The molecule has 1 aliphatic heterocycles. The van der Waals surface area contributed by atoms with Crippen LogP contribution in [0.3, 0.4) is 0 Å². The molecular weight excluding hydrogens is 543 g/mol. The van der Waals surface area contributed by atoms with Gasteiger partial charge in [0.15, 0.2) is 0 Å². The second kappa shape index (κ2) is 10.4. The van der Waals surface area contributed by atoms with Gasteiger partial charge < -0.3 is 15.1 Å². The molecule has 0 saturated carbocycles. The average Bonchev–Trinajstić information content (AvgIpc) is 3.66. The summed E-state index contributed by atoms with van der Waals surface area (Å²) in [4.78, 5) is 31.6. The predicted molar refractivity (Wildman–Crippen MR) is 139 cm³/mol. The van der Waals surface area contributed by atoms with Crippen LogP contribution in [0.1, 0.15) is 36.4 Å². The minimum absolute atomic E-state index is 0.0808. The summed E-state index contributed by atoms with van der Waals surface area (Å²) >= 11 is 0. The molecule has 1 aliphatic carbocycles. The van der Waals surface area contributed by atoms with Crippen molar-refractivity contribution in [3.8, 4) is 11.3 Å². The zero-order valence-corrected chi connectivity index (χ0v) is 21.9. The maximum Gasteiger partial charge on any atom is 0.296 e. The van der Waals surface area contributed by atoms with E-state index in [2.05, 4.69) is 15.2 Å². The van der Waals surface area contributed by atoms with Gasteiger partial charge in [0.05, 0.1) is 36.6 Å². The van der Waals surface area contributed by atoms with Crippen LogP contribution >= 0.6 is 0 Å². The first-order valence-corrected chi connectivity index (χ1v) is 13.3. The van der Waals surface area contributed by atoms with Gasteiger partial charge >= 0.3 is 0 Å². The standard InChI is InChI=1S/C27H28F3N7O4/c28-22-3-6-36(33-22)20(24(29)30)12-23(39)34-7-4-27(41,5-8-34)14-35-15-32-37-21(13-31-25(37)26(35)40)17-2-1-16-10-19(38)11-18(16)9-17/h1-3,6,9,13,15,19-20,24,38,41H,4-5,7-8,10-12,14H2. The quantitative estimate of drug-likeness (QED) is 0.345. The van der Waals surface area contributed by atoms with Gasteiger partial charge in [-0.05, 0) is 42.9 Å². The third-order valence-electron chi connectivity index (χ3n) is 8.01. The minimum atomic E-state index is -2.92. The molecule has 216 valence electrons. The number of fused-ring (bicyclic) bond motifs is 2. The Morgan fingerprint density at radius 3 is 2.61 bits per heavy atom. The van der Waals surface area contributed by atoms with Crippen LogP contribution in [-0.4, -0.2) is 81.2 Å². The van der Waals surface area contributed by atoms with Crippen LogP contribution in [0.25, 0.3) is 16.9 Å². The Hall–Kier alpha value is -4.04. The normalized spacial score (nSPS) is 19.2. The highest BCUT2D eigenvalue weighted by atomic mass is 19.3. The molecule has 41 heavy (non-hydrogen) atoms. The first-order chi connectivity index (χ1) is 19.6. The van der Waals surface area contributed by atoms with Crippen LogP contribution < -0.4 is 5.56 Å². The number of alkyl halides is 2. The molecule has 1 fully saturated rings. The van der Waals surface area contributed by atoms with Gasteiger partial charge in [0, 0.05) is 30.9 Å². The minimum Gasteiger partial charge on any atom is -0.392 e. The number of hydrogen-bond donors (Lipinski definition) is 2. The van der Waals surface area contributed by atoms with Crippen molar-refractivity contribution in [1.29, 1.82) is 0 Å². The number of aromatic nitrogens is 6. The Balaban J connectivity index is 1.13. The molecule has 3 aromatic heterocycles. The molecule has 2 unspecified atom stereocenters. The Morgan fingerprint density at radius 1 is 1.15 bits per heavy atom. The fourth-order valence-corrected chi connectivity index (χ4v) is 5.72. The van der Waals surface area contributed by atoms with Gasteiger partial charge in [0.1, 0.15) is 12.4 Å². The summed E-state index contributed by atoms with van der Waals surface area (Å²) in [5.41, 5.74) is 1.90. The largest absolute Gasteiger partial charge is 0.392 e. The molecule has 6 rings (SSSR count). The molecule has 11 nitrogen and oxygen atoms in total. The van der Waals surface area contributed by atoms with Crippen LogP contribution in [0.15, 0.2) is 47.8 Å². The van der Waals surface area contributed by atoms with E-state index in [0.717, 1.165) is 33.6 Å². The van der Waals surface area contributed by atoms with Gasteiger partial charge in [0.25, 0.3) is 12.0 Å². The van der Waals surface area contributed by atoms with E-state index in [9.17, 15) is 33.0 Å². The Kier molecular flexibility index (Phi) is 6.90. The third-order valence-corrected chi connectivity index (χ3v) is 8.01. The van der Waals surface area contributed by atoms with Crippen molar-refractivity contribution in [3.63, 3.8) is 0 Å². The van der Waals surface area contributed by atoms with Crippen LogP contribution in [0.2, 0.25) is 0 Å². The highest BCUT2D eigenvalue weighted by Gasteiger charge is 2.36. The van der Waals surface area contributed by atoms with E-state index in [0.29, 0.717) is 18.5 Å². The van der Waals surface area contributed by atoms with Crippen molar-refractivity contribution < 1.29 is 28.2 Å². The molecule has 14 heteroatoms. The average molecular weight is 572 g/mol. The van der Waals surface area contributed by atoms with Crippen molar-refractivity contribution >= 4 is 11.6 Å². The first-order valence-electron chi connectivity index (χ1n) is 13.3. The lowest BCUT2D eigenvalue weighted by Crippen LogP contribution is -2.50. The maximum absolute atomic E-state index is 13.6. The van der Waals surface area contributed by atoms with Crippen LogP contribution in [-0.2, 0) is 24.2 Å². The summed E-state index contributed by atoms with van der Waals surface area (Å²) in [6.45, 7) is 0.121. The number of aliphatic hydroxyl groups is 2. The Labute approximate surface area is 231 Å². The Bertz CT molecular complexity index is 1660. The van der Waals surface area contributed by atoms with Gasteiger partial charge in [0.2, 0.25) is 17.5 Å². The van der Waals surface area contributed by atoms with E-state index < -0.39 is 48.0 Å². The summed E-state index contributed by atoms with van der Waals surface area (Å²) in [7, 11) is 0. The summed E-state index contributed by atoms with van der Waals surface area (Å²) < 4.78 is 43.8. The zero-order valence-electron chi connectivity index (χ0n) is 21.9. The molecule has 1 aromatic carbocycles. The molecule has 0 spiro atoms. The predicted octanol–water partition coefficient (Wildman–Crippen LogP) is 1.60. The number of aliphatic hydroxyl groups excluding tert-OH is 1. The van der Waals surface area contributed by atoms with Crippen molar-refractivity contribution in [2.24, 2.45) is 0 Å². The molecule has 2 N–H and O–H groups in total. The monoisotopic (exact) mass is 571 g/mol. The van der Waals surface area contributed by atoms with E-state index >= 15 is 0 Å². The number of carbonyl (C=O) groups is 1. The van der Waals surface area contributed by atoms with E-state index in [1.54, 1.807) is 6.20 Å². The van der Waals surface area contributed by atoms with Crippen LogP contribution in [0.4, 0.5) is 13.2 Å². The fourth-order valence-electron chi connectivity index (χ4n) is 5.72. The number of imidazole rings is 1. The molecule has 2 atom stereocenters. The van der Waals surface area contributed by atoms with E-state index in [1.165, 1.54) is 20.3 Å². The molecule has 2 aliphatic rings. The highest BCUT2D eigenvalue weighted by molar-refractivity contribution is 5.76. The number of benzene rings is 1. The van der Waals surface area contributed by atoms with Gasteiger partial charge in [-0.15, -0.1) is 5.10 Å². The fraction of sp³-hybridized carbons (Fsp3) is 0.444. The third kappa shape index (κ3) is 5.24. The number of hydrogen-bond acceptors (Lipinski definition) is 7. The molecule has 1 amide bonds. The summed E-state index contributed by atoms with van der Waals surface area (Å²) in [5, 5.41) is 28.9. The lowest BCUT2D eigenvalue weighted by Gasteiger charge is -2.38. The number of rotatable bonds is 7.